The van der Waals surface area contributed by atoms with Crippen molar-refractivity contribution in [1.29, 1.82) is 0 Å². The van der Waals surface area contributed by atoms with Crippen LogP contribution in [0.15, 0.2) is 84.3 Å². The second-order valence-corrected chi connectivity index (χ2v) is 8.61. The summed E-state index contributed by atoms with van der Waals surface area (Å²) in [4.78, 5) is 28.7. The monoisotopic (exact) mass is 492 g/mol. The predicted octanol–water partition coefficient (Wildman–Crippen LogP) is 3.79. The first-order valence-corrected chi connectivity index (χ1v) is 11.8. The summed E-state index contributed by atoms with van der Waals surface area (Å²) in [7, 11) is 0. The standard InChI is InChI=1S/C24H21ClN6O2S/c25-20-10-8-18(9-11-20)23(33)29-27-21(32)16-34-24-30-28-22(19-7-4-13-26-15-19)31(24)14-12-17-5-2-1-3-6-17/h1-11,13,15H,12,14,16H2,(H,27,32)(H,29,33). The average molecular weight is 493 g/mol. The second-order valence-electron chi connectivity index (χ2n) is 7.23. The Kier molecular flexibility index (Phi) is 7.90. The first kappa shape index (κ1) is 23.5. The van der Waals surface area contributed by atoms with Crippen LogP contribution in [0.5, 0.6) is 0 Å². The van der Waals surface area contributed by atoms with E-state index in [4.69, 9.17) is 11.6 Å². The number of benzene rings is 2. The number of thioether (sulfide) groups is 1. The molecule has 0 aliphatic rings. The highest BCUT2D eigenvalue weighted by Gasteiger charge is 2.16. The lowest BCUT2D eigenvalue weighted by Crippen LogP contribution is -2.42. The van der Waals surface area contributed by atoms with E-state index in [1.807, 2.05) is 34.9 Å². The average Bonchev–Trinajstić information content (AvgIpc) is 3.29. The van der Waals surface area contributed by atoms with Crippen molar-refractivity contribution in [3.05, 3.63) is 95.3 Å². The molecule has 0 saturated carbocycles. The maximum absolute atomic E-state index is 12.3. The van der Waals surface area contributed by atoms with Crippen molar-refractivity contribution in [2.75, 3.05) is 5.75 Å². The molecule has 2 N–H and O–H groups in total. The van der Waals surface area contributed by atoms with Crippen LogP contribution in [0.1, 0.15) is 15.9 Å². The van der Waals surface area contributed by atoms with Crippen LogP contribution in [0, 0.1) is 0 Å². The van der Waals surface area contributed by atoms with E-state index in [9.17, 15) is 9.59 Å². The molecule has 0 radical (unpaired) electrons. The molecule has 0 aliphatic carbocycles. The Morgan fingerprint density at radius 1 is 0.941 bits per heavy atom. The third-order valence-corrected chi connectivity index (χ3v) is 6.08. The Labute approximate surface area is 205 Å². The normalized spacial score (nSPS) is 10.6. The Morgan fingerprint density at radius 3 is 2.47 bits per heavy atom. The summed E-state index contributed by atoms with van der Waals surface area (Å²) in [6, 6.07) is 20.3. The quantitative estimate of drug-likeness (QED) is 0.286. The number of aromatic nitrogens is 4. The molecular weight excluding hydrogens is 472 g/mol. The van der Waals surface area contributed by atoms with Crippen molar-refractivity contribution in [3.8, 4) is 11.4 Å². The smallest absolute Gasteiger partial charge is 0.269 e. The fourth-order valence-corrected chi connectivity index (χ4v) is 4.05. The van der Waals surface area contributed by atoms with Crippen LogP contribution in [-0.2, 0) is 17.8 Å². The predicted molar refractivity (Wildman–Crippen MR) is 131 cm³/mol. The highest BCUT2D eigenvalue weighted by Crippen LogP contribution is 2.24. The van der Waals surface area contributed by atoms with Gasteiger partial charge in [0.25, 0.3) is 5.91 Å². The Morgan fingerprint density at radius 2 is 1.74 bits per heavy atom. The van der Waals surface area contributed by atoms with Gasteiger partial charge in [-0.1, -0.05) is 53.7 Å². The highest BCUT2D eigenvalue weighted by molar-refractivity contribution is 7.99. The van der Waals surface area contributed by atoms with Crippen molar-refractivity contribution in [2.24, 2.45) is 0 Å². The van der Waals surface area contributed by atoms with Crippen molar-refractivity contribution in [2.45, 2.75) is 18.1 Å². The van der Waals surface area contributed by atoms with Crippen molar-refractivity contribution < 1.29 is 9.59 Å². The minimum absolute atomic E-state index is 0.0530. The van der Waals surface area contributed by atoms with Gasteiger partial charge in [0.1, 0.15) is 0 Å². The maximum atomic E-state index is 12.3. The van der Waals surface area contributed by atoms with Gasteiger partial charge in [-0.2, -0.15) is 0 Å². The number of rotatable bonds is 8. The summed E-state index contributed by atoms with van der Waals surface area (Å²) in [6.07, 6.45) is 4.21. The third-order valence-electron chi connectivity index (χ3n) is 4.86. The largest absolute Gasteiger partial charge is 0.302 e. The van der Waals surface area contributed by atoms with Crippen LogP contribution in [0.4, 0.5) is 0 Å². The van der Waals surface area contributed by atoms with Crippen LogP contribution in [0.25, 0.3) is 11.4 Å². The van der Waals surface area contributed by atoms with E-state index in [-0.39, 0.29) is 11.7 Å². The number of hydrazine groups is 1. The van der Waals surface area contributed by atoms with Crippen LogP contribution in [0.3, 0.4) is 0 Å². The molecule has 34 heavy (non-hydrogen) atoms. The summed E-state index contributed by atoms with van der Waals surface area (Å²) >= 11 is 7.08. The van der Waals surface area contributed by atoms with Crippen LogP contribution in [-0.4, -0.2) is 37.3 Å². The van der Waals surface area contributed by atoms with Crippen molar-refractivity contribution in [3.63, 3.8) is 0 Å². The summed E-state index contributed by atoms with van der Waals surface area (Å²) in [6.45, 7) is 0.637. The molecule has 0 fully saturated rings. The molecule has 4 aromatic rings. The van der Waals surface area contributed by atoms with Gasteiger partial charge in [-0.15, -0.1) is 10.2 Å². The van der Waals surface area contributed by atoms with Gasteiger partial charge >= 0.3 is 0 Å². The van der Waals surface area contributed by atoms with Gasteiger partial charge in [0.15, 0.2) is 11.0 Å². The number of hydrogen-bond acceptors (Lipinski definition) is 6. The lowest BCUT2D eigenvalue weighted by atomic mass is 10.1. The number of nitrogens with one attached hydrogen (secondary N) is 2. The molecular formula is C24H21ClN6O2S. The number of hydrogen-bond donors (Lipinski definition) is 2. The number of nitrogens with zero attached hydrogens (tertiary/aromatic N) is 4. The Hall–Kier alpha value is -3.69. The summed E-state index contributed by atoms with van der Waals surface area (Å²) < 4.78 is 1.98. The molecule has 0 spiro atoms. The van der Waals surface area contributed by atoms with Crippen LogP contribution < -0.4 is 10.9 Å². The van der Waals surface area contributed by atoms with E-state index < -0.39 is 5.91 Å². The Bertz CT molecular complexity index is 1250. The second kappa shape index (κ2) is 11.4. The maximum Gasteiger partial charge on any atom is 0.269 e. The first-order chi connectivity index (χ1) is 16.6. The molecule has 10 heteroatoms. The topological polar surface area (TPSA) is 102 Å². The molecule has 0 unspecified atom stereocenters. The third kappa shape index (κ3) is 6.21. The van der Waals surface area contributed by atoms with E-state index in [1.165, 1.54) is 17.3 Å². The molecule has 0 saturated heterocycles. The zero-order valence-corrected chi connectivity index (χ0v) is 19.6. The minimum atomic E-state index is -0.431. The SMILES string of the molecule is O=C(CSc1nnc(-c2cccnc2)n1CCc1ccccc1)NNC(=O)c1ccc(Cl)cc1. The molecule has 0 bridgehead atoms. The summed E-state index contributed by atoms with van der Waals surface area (Å²) in [5.74, 6) is -0.0621. The molecule has 8 nitrogen and oxygen atoms in total. The molecule has 2 amide bonds. The van der Waals surface area contributed by atoms with Crippen molar-refractivity contribution >= 4 is 35.2 Å². The van der Waals surface area contributed by atoms with Gasteiger partial charge < -0.3 is 4.57 Å². The van der Waals surface area contributed by atoms with Gasteiger partial charge in [0, 0.05) is 35.1 Å². The lowest BCUT2D eigenvalue weighted by molar-refractivity contribution is -0.119. The van der Waals surface area contributed by atoms with Gasteiger partial charge in [-0.3, -0.25) is 25.4 Å². The van der Waals surface area contributed by atoms with E-state index in [0.717, 1.165) is 12.0 Å². The number of carbonyl (C=O) groups is 2. The minimum Gasteiger partial charge on any atom is -0.302 e. The van der Waals surface area contributed by atoms with E-state index in [1.54, 1.807) is 36.7 Å². The molecule has 0 aliphatic heterocycles. The molecule has 2 aromatic heterocycles. The number of aryl methyl sites for hydroxylation is 1. The lowest BCUT2D eigenvalue weighted by Gasteiger charge is -2.11. The van der Waals surface area contributed by atoms with Gasteiger partial charge in [-0.25, -0.2) is 0 Å². The summed E-state index contributed by atoms with van der Waals surface area (Å²) in [5, 5.41) is 9.77. The number of amides is 2. The zero-order valence-electron chi connectivity index (χ0n) is 18.0. The molecule has 0 atom stereocenters. The van der Waals surface area contributed by atoms with Crippen molar-refractivity contribution in [1.82, 2.24) is 30.6 Å². The molecule has 172 valence electrons. The molecule has 4 rings (SSSR count). The Balaban J connectivity index is 1.40. The summed E-state index contributed by atoms with van der Waals surface area (Å²) in [5.41, 5.74) is 7.24. The first-order valence-electron chi connectivity index (χ1n) is 10.5. The van der Waals surface area contributed by atoms with Crippen LogP contribution >= 0.6 is 23.4 Å². The number of carbonyl (C=O) groups excluding carboxylic acids is 2. The van der Waals surface area contributed by atoms with Gasteiger partial charge in [-0.05, 0) is 48.4 Å². The van der Waals surface area contributed by atoms with E-state index in [0.29, 0.717) is 28.1 Å². The number of halogens is 1. The van der Waals surface area contributed by atoms with Gasteiger partial charge in [0.2, 0.25) is 5.91 Å². The zero-order chi connectivity index (χ0) is 23.8. The fraction of sp³-hybridized carbons (Fsp3) is 0.125. The molecule has 2 aromatic carbocycles. The molecule has 2 heterocycles. The van der Waals surface area contributed by atoms with E-state index >= 15 is 0 Å². The van der Waals surface area contributed by atoms with Gasteiger partial charge in [0.05, 0.1) is 5.75 Å². The highest BCUT2D eigenvalue weighted by atomic mass is 35.5. The fourth-order valence-electron chi connectivity index (χ4n) is 3.16. The van der Waals surface area contributed by atoms with Crippen LogP contribution in [0.2, 0.25) is 5.02 Å². The number of pyridine rings is 1. The van der Waals surface area contributed by atoms with E-state index in [2.05, 4.69) is 38.2 Å².